The quantitative estimate of drug-likeness (QED) is 0.935. The molecule has 0 spiro atoms. The molecule has 3 heterocycles. The Morgan fingerprint density at radius 1 is 1.24 bits per heavy atom. The number of hydrogen-bond donors (Lipinski definition) is 1. The maximum atomic E-state index is 4.62. The summed E-state index contributed by atoms with van der Waals surface area (Å²) in [6.45, 7) is 5.17. The lowest BCUT2D eigenvalue weighted by molar-refractivity contribution is 0.436. The highest BCUT2D eigenvalue weighted by Crippen LogP contribution is 2.21. The molecule has 5 heteroatoms. The van der Waals surface area contributed by atoms with Crippen molar-refractivity contribution in [2.75, 3.05) is 23.3 Å². The van der Waals surface area contributed by atoms with E-state index in [9.17, 15) is 0 Å². The van der Waals surface area contributed by atoms with Crippen molar-refractivity contribution in [2.24, 2.45) is 5.92 Å². The Morgan fingerprint density at radius 3 is 2.86 bits per heavy atom. The van der Waals surface area contributed by atoms with Crippen molar-refractivity contribution in [3.63, 3.8) is 0 Å². The fraction of sp³-hybridized carbons (Fsp3) is 0.438. The number of pyridine rings is 1. The van der Waals surface area contributed by atoms with E-state index in [0.717, 1.165) is 30.4 Å². The highest BCUT2D eigenvalue weighted by atomic mass is 15.2. The van der Waals surface area contributed by atoms with Gasteiger partial charge in [-0.3, -0.25) is 4.98 Å². The highest BCUT2D eigenvalue weighted by Gasteiger charge is 2.17. The minimum Gasteiger partial charge on any atom is -0.356 e. The standard InChI is InChI=1S/C16H21N5/c1-13-5-9-21(10-6-13)15-4-8-18-16(20-15)19-12-14-3-2-7-17-11-14/h2-4,7-8,11,13H,5-6,9-10,12H2,1H3,(H,18,19,20). The molecule has 0 aromatic carbocycles. The third kappa shape index (κ3) is 3.68. The summed E-state index contributed by atoms with van der Waals surface area (Å²) in [5.41, 5.74) is 1.12. The van der Waals surface area contributed by atoms with E-state index in [1.807, 2.05) is 30.6 Å². The number of aromatic nitrogens is 3. The van der Waals surface area contributed by atoms with Crippen LogP contribution in [-0.4, -0.2) is 28.0 Å². The molecule has 1 saturated heterocycles. The molecule has 0 saturated carbocycles. The van der Waals surface area contributed by atoms with E-state index in [1.165, 1.54) is 12.8 Å². The van der Waals surface area contributed by atoms with Crippen LogP contribution in [0.15, 0.2) is 36.8 Å². The molecule has 2 aromatic heterocycles. The first-order chi connectivity index (χ1) is 10.3. The average Bonchev–Trinajstić information content (AvgIpc) is 2.55. The van der Waals surface area contributed by atoms with Gasteiger partial charge in [-0.15, -0.1) is 0 Å². The van der Waals surface area contributed by atoms with E-state index in [2.05, 4.69) is 32.1 Å². The smallest absolute Gasteiger partial charge is 0.224 e. The number of hydrogen-bond acceptors (Lipinski definition) is 5. The topological polar surface area (TPSA) is 53.9 Å². The van der Waals surface area contributed by atoms with Crippen LogP contribution in [0.25, 0.3) is 0 Å². The van der Waals surface area contributed by atoms with Crippen molar-refractivity contribution in [2.45, 2.75) is 26.3 Å². The van der Waals surface area contributed by atoms with Crippen LogP contribution in [0.1, 0.15) is 25.3 Å². The second-order valence-corrected chi connectivity index (χ2v) is 5.62. The van der Waals surface area contributed by atoms with Crippen LogP contribution in [0.5, 0.6) is 0 Å². The first kappa shape index (κ1) is 13.8. The van der Waals surface area contributed by atoms with Crippen LogP contribution in [0.4, 0.5) is 11.8 Å². The Morgan fingerprint density at radius 2 is 2.10 bits per heavy atom. The van der Waals surface area contributed by atoms with Crippen LogP contribution >= 0.6 is 0 Å². The molecule has 0 bridgehead atoms. The monoisotopic (exact) mass is 283 g/mol. The molecule has 0 unspecified atom stereocenters. The average molecular weight is 283 g/mol. The third-order valence-electron chi connectivity index (χ3n) is 3.92. The normalized spacial score (nSPS) is 16.0. The van der Waals surface area contributed by atoms with Crippen LogP contribution in [0.2, 0.25) is 0 Å². The number of piperidine rings is 1. The summed E-state index contributed by atoms with van der Waals surface area (Å²) in [5, 5.41) is 3.26. The van der Waals surface area contributed by atoms with Gasteiger partial charge in [0.05, 0.1) is 0 Å². The highest BCUT2D eigenvalue weighted by molar-refractivity contribution is 5.43. The summed E-state index contributed by atoms with van der Waals surface area (Å²) in [4.78, 5) is 15.4. The Labute approximate surface area is 125 Å². The van der Waals surface area contributed by atoms with Gasteiger partial charge >= 0.3 is 0 Å². The molecular weight excluding hydrogens is 262 g/mol. The number of nitrogens with zero attached hydrogens (tertiary/aromatic N) is 4. The van der Waals surface area contributed by atoms with Crippen LogP contribution < -0.4 is 10.2 Å². The van der Waals surface area contributed by atoms with Gasteiger partial charge in [0.2, 0.25) is 5.95 Å². The van der Waals surface area contributed by atoms with E-state index in [0.29, 0.717) is 12.5 Å². The van der Waals surface area contributed by atoms with Gasteiger partial charge in [0.25, 0.3) is 0 Å². The Balaban J connectivity index is 1.63. The van der Waals surface area contributed by atoms with Crippen LogP contribution in [0, 0.1) is 5.92 Å². The minimum atomic E-state index is 0.676. The van der Waals surface area contributed by atoms with Gasteiger partial charge < -0.3 is 10.2 Å². The molecule has 0 amide bonds. The second kappa shape index (κ2) is 6.52. The summed E-state index contributed by atoms with van der Waals surface area (Å²) < 4.78 is 0. The lowest BCUT2D eigenvalue weighted by Gasteiger charge is -2.31. The zero-order valence-corrected chi connectivity index (χ0v) is 12.4. The first-order valence-corrected chi connectivity index (χ1v) is 7.52. The molecule has 5 nitrogen and oxygen atoms in total. The molecule has 21 heavy (non-hydrogen) atoms. The van der Waals surface area contributed by atoms with E-state index < -0.39 is 0 Å². The Bertz CT molecular complexity index is 564. The maximum Gasteiger partial charge on any atom is 0.224 e. The molecule has 1 N–H and O–H groups in total. The van der Waals surface area contributed by atoms with Gasteiger partial charge in [-0.1, -0.05) is 13.0 Å². The number of nitrogens with one attached hydrogen (secondary N) is 1. The SMILES string of the molecule is CC1CCN(c2ccnc(NCc3cccnc3)n2)CC1. The van der Waals surface area contributed by atoms with Gasteiger partial charge in [-0.2, -0.15) is 4.98 Å². The first-order valence-electron chi connectivity index (χ1n) is 7.52. The molecule has 110 valence electrons. The maximum absolute atomic E-state index is 4.62. The fourth-order valence-electron chi connectivity index (χ4n) is 2.53. The zero-order chi connectivity index (χ0) is 14.5. The predicted molar refractivity (Wildman–Crippen MR) is 84.2 cm³/mol. The molecule has 0 aliphatic carbocycles. The summed E-state index contributed by atoms with van der Waals surface area (Å²) >= 11 is 0. The molecular formula is C16H21N5. The van der Waals surface area contributed by atoms with Crippen LogP contribution in [-0.2, 0) is 6.54 Å². The molecule has 1 aliphatic rings. The van der Waals surface area contributed by atoms with E-state index in [4.69, 9.17) is 0 Å². The Kier molecular flexibility index (Phi) is 4.28. The lowest BCUT2D eigenvalue weighted by atomic mass is 9.99. The number of rotatable bonds is 4. The fourth-order valence-corrected chi connectivity index (χ4v) is 2.53. The van der Waals surface area contributed by atoms with Gasteiger partial charge in [0.1, 0.15) is 5.82 Å². The van der Waals surface area contributed by atoms with Crippen LogP contribution in [0.3, 0.4) is 0 Å². The van der Waals surface area contributed by atoms with Crippen molar-refractivity contribution < 1.29 is 0 Å². The van der Waals surface area contributed by atoms with Gasteiger partial charge in [0.15, 0.2) is 0 Å². The summed E-state index contributed by atoms with van der Waals surface area (Å²) in [5.74, 6) is 2.52. The van der Waals surface area contributed by atoms with E-state index in [1.54, 1.807) is 6.20 Å². The Hall–Kier alpha value is -2.17. The van der Waals surface area contributed by atoms with Gasteiger partial charge in [-0.05, 0) is 36.5 Å². The molecule has 0 radical (unpaired) electrons. The molecule has 2 aromatic rings. The molecule has 0 atom stereocenters. The van der Waals surface area contributed by atoms with Crippen molar-refractivity contribution in [1.82, 2.24) is 15.0 Å². The summed E-state index contributed by atoms with van der Waals surface area (Å²) in [6.07, 6.45) is 7.93. The predicted octanol–water partition coefficient (Wildman–Crippen LogP) is 2.72. The zero-order valence-electron chi connectivity index (χ0n) is 12.4. The van der Waals surface area contributed by atoms with E-state index >= 15 is 0 Å². The molecule has 1 aliphatic heterocycles. The van der Waals surface area contributed by atoms with E-state index in [-0.39, 0.29) is 0 Å². The van der Waals surface area contributed by atoms with Crippen molar-refractivity contribution >= 4 is 11.8 Å². The third-order valence-corrected chi connectivity index (χ3v) is 3.92. The van der Waals surface area contributed by atoms with Crippen molar-refractivity contribution in [3.8, 4) is 0 Å². The minimum absolute atomic E-state index is 0.676. The van der Waals surface area contributed by atoms with Crippen molar-refractivity contribution in [3.05, 3.63) is 42.4 Å². The largest absolute Gasteiger partial charge is 0.356 e. The lowest BCUT2D eigenvalue weighted by Crippen LogP contribution is -2.33. The number of anilines is 2. The van der Waals surface area contributed by atoms with Gasteiger partial charge in [-0.25, -0.2) is 4.98 Å². The van der Waals surface area contributed by atoms with Crippen molar-refractivity contribution in [1.29, 1.82) is 0 Å². The molecule has 3 rings (SSSR count). The second-order valence-electron chi connectivity index (χ2n) is 5.62. The summed E-state index contributed by atoms with van der Waals surface area (Å²) in [6, 6.07) is 5.96. The van der Waals surface area contributed by atoms with Gasteiger partial charge in [0, 0.05) is 38.2 Å². The molecule has 1 fully saturated rings. The summed E-state index contributed by atoms with van der Waals surface area (Å²) in [7, 11) is 0.